The molecule has 0 aromatic carbocycles. The van der Waals surface area contributed by atoms with Crippen LogP contribution < -0.4 is 0 Å². The molecule has 4 rings (SSSR count). The van der Waals surface area contributed by atoms with E-state index < -0.39 is 169 Å². The van der Waals surface area contributed by atoms with Crippen molar-refractivity contribution < 1.29 is 104 Å². The van der Waals surface area contributed by atoms with Crippen molar-refractivity contribution in [1.82, 2.24) is 0 Å². The summed E-state index contributed by atoms with van der Waals surface area (Å²) in [6.07, 6.45) is 0.299. The highest BCUT2D eigenvalue weighted by atomic mass is 28.4. The van der Waals surface area contributed by atoms with Gasteiger partial charge in [-0.2, -0.15) is 5.26 Å². The molecule has 1 unspecified atom stereocenters. The van der Waals surface area contributed by atoms with E-state index in [1.54, 1.807) is 34.3 Å². The molecule has 28 heteroatoms. The maximum absolute atomic E-state index is 13.0. The predicted molar refractivity (Wildman–Crippen MR) is 485 cm³/mol. The molecule has 0 aliphatic carbocycles. The van der Waals surface area contributed by atoms with E-state index in [4.69, 9.17) is 89.0 Å². The van der Waals surface area contributed by atoms with Crippen LogP contribution in [0.5, 0.6) is 0 Å². The fourth-order valence-electron chi connectivity index (χ4n) is 18.3. The number of carbonyl (C=O) groups is 1. The smallest absolute Gasteiger partial charge is 0.334 e. The van der Waals surface area contributed by atoms with Gasteiger partial charge in [0.1, 0.15) is 36.6 Å². The number of hydrogen-bond donors (Lipinski definition) is 3. The number of nitrogens with zero attached hydrogens (tertiary/aromatic N) is 1. The van der Waals surface area contributed by atoms with Gasteiger partial charge in [0.15, 0.2) is 67.1 Å². The number of aliphatic hydroxyl groups is 3. The Morgan fingerprint density at radius 2 is 1.18 bits per heavy atom. The molecular formula is C91H171NO22Si5. The summed E-state index contributed by atoms with van der Waals surface area (Å²) in [5.41, 5.74) is 2.17. The summed E-state index contributed by atoms with van der Waals surface area (Å²) < 4.78 is 123. The van der Waals surface area contributed by atoms with E-state index in [0.717, 1.165) is 89.2 Å². The number of ether oxygens (including phenoxy) is 13. The Labute approximate surface area is 727 Å². The van der Waals surface area contributed by atoms with E-state index in [-0.39, 0.29) is 67.7 Å². The van der Waals surface area contributed by atoms with Gasteiger partial charge in [0.2, 0.25) is 5.79 Å². The minimum absolute atomic E-state index is 0.00576. The van der Waals surface area contributed by atoms with E-state index in [1.165, 1.54) is 14.2 Å². The van der Waals surface area contributed by atoms with E-state index >= 15 is 0 Å². The molecule has 4 heterocycles. The molecule has 0 amide bonds. The Morgan fingerprint density at radius 1 is 0.639 bits per heavy atom. The number of aliphatic hydroxyl groups excluding tert-OH is 3. The third-order valence-corrected chi connectivity index (χ3v) is 51.3. The van der Waals surface area contributed by atoms with Gasteiger partial charge in [-0.25, -0.2) is 4.79 Å². The summed E-state index contributed by atoms with van der Waals surface area (Å²) in [5, 5.41) is 46.7. The number of esters is 1. The van der Waals surface area contributed by atoms with Gasteiger partial charge in [-0.05, 0) is 165 Å². The molecule has 0 saturated carbocycles. The first-order chi connectivity index (χ1) is 55.9. The normalized spacial score (nSPS) is 30.9. The van der Waals surface area contributed by atoms with Crippen molar-refractivity contribution in [2.75, 3.05) is 48.8 Å². The Hall–Kier alpha value is -2.06. The highest BCUT2D eigenvalue weighted by Crippen LogP contribution is 2.49. The van der Waals surface area contributed by atoms with Gasteiger partial charge in [-0.1, -0.05) is 172 Å². The third-order valence-electron chi connectivity index (χ3n) is 28.1. The second kappa shape index (κ2) is 50.1. The molecule has 3 N–H and O–H groups in total. The van der Waals surface area contributed by atoms with Gasteiger partial charge in [0.05, 0.1) is 85.5 Å². The van der Waals surface area contributed by atoms with Crippen LogP contribution in [0.15, 0.2) is 58.7 Å². The maximum Gasteiger partial charge on any atom is 0.334 e. The van der Waals surface area contributed by atoms with Gasteiger partial charge < -0.3 is 99.0 Å². The minimum atomic E-state index is -2.38. The molecule has 0 spiro atoms. The highest BCUT2D eigenvalue weighted by Gasteiger charge is 2.61. The molecule has 0 aromatic heterocycles. The highest BCUT2D eigenvalue weighted by molar-refractivity contribution is 6.75. The quantitative estimate of drug-likeness (QED) is 0.0221. The van der Waals surface area contributed by atoms with Crippen LogP contribution in [-0.2, 0) is 88.5 Å². The minimum Gasteiger partial charge on any atom is -0.447 e. The summed E-state index contributed by atoms with van der Waals surface area (Å²) in [6.45, 7) is 59.8. The fourth-order valence-corrected chi connectivity index (χ4v) is 31.5. The van der Waals surface area contributed by atoms with E-state index in [2.05, 4.69) is 156 Å². The molecule has 25 atom stereocenters. The van der Waals surface area contributed by atoms with E-state index in [9.17, 15) is 20.1 Å². The lowest BCUT2D eigenvalue weighted by molar-refractivity contribution is -0.372. The first-order valence-electron chi connectivity index (χ1n) is 45.6. The van der Waals surface area contributed by atoms with Crippen LogP contribution >= 0.6 is 0 Å². The van der Waals surface area contributed by atoms with E-state index in [0.29, 0.717) is 24.8 Å². The SMILES string of the molecule is CC[Si](CC)(CC)O[C@H]1[C@H](O[Si](CC)(CC)CC)[C@H](OC(/C=C/C(C)=C/CC[C@H](O)[C@H](C[C@H](O)[C@@H](O)[C@]2(OC)O[C@H](C[C@H](COC)O[C@H]3C[C@](C)(O[Si](CC)(CC)CC)[C@@H](O[C@H]4C[C@@H](OC)[C@H](O[Si](C)(C)C(C)(C)C)[C@@H](C)O4)[C@H](C)O3)[C@H](C)[C@H](O[Si](CC)(CC)CC)[C@H]2C)OC)[C@H](C)/C=C(C)/C=C(C)/C=C(\C)C(=O)OCC#N)O[C@@H](C)[C@@H]1OC. The molecule has 0 bridgehead atoms. The van der Waals surface area contributed by atoms with Crippen LogP contribution in [0.2, 0.25) is 90.7 Å². The number of methoxy groups -OCH3 is 5. The van der Waals surface area contributed by atoms with Crippen molar-refractivity contribution in [3.63, 3.8) is 0 Å². The monoisotopic (exact) mass is 1770 g/mol. The van der Waals surface area contributed by atoms with Crippen molar-refractivity contribution in [1.29, 1.82) is 5.26 Å². The van der Waals surface area contributed by atoms with E-state index in [1.807, 2.05) is 66.7 Å². The predicted octanol–water partition coefficient (Wildman–Crippen LogP) is 18.9. The first kappa shape index (κ1) is 109. The van der Waals surface area contributed by atoms with Crippen molar-refractivity contribution in [3.05, 3.63) is 58.7 Å². The van der Waals surface area contributed by atoms with Gasteiger partial charge in [0, 0.05) is 84.6 Å². The molecule has 119 heavy (non-hydrogen) atoms. The van der Waals surface area contributed by atoms with Gasteiger partial charge >= 0.3 is 5.97 Å². The van der Waals surface area contributed by atoms with Crippen LogP contribution in [-0.4, -0.2) is 246 Å². The van der Waals surface area contributed by atoms with Crippen LogP contribution in [0, 0.1) is 29.1 Å². The Morgan fingerprint density at radius 3 is 1.68 bits per heavy atom. The van der Waals surface area contributed by atoms with Gasteiger partial charge in [0.25, 0.3) is 0 Å². The lowest BCUT2D eigenvalue weighted by atomic mass is 9.76. The average molecular weight is 1770 g/mol. The number of rotatable bonds is 52. The maximum atomic E-state index is 13.0. The molecular weight excluding hydrogens is 1600 g/mol. The molecule has 0 radical (unpaired) electrons. The number of hydrogen-bond acceptors (Lipinski definition) is 23. The zero-order valence-corrected chi connectivity index (χ0v) is 85.4. The van der Waals surface area contributed by atoms with Crippen LogP contribution in [0.3, 0.4) is 0 Å². The zero-order valence-electron chi connectivity index (χ0n) is 80.4. The average Bonchev–Trinajstić information content (AvgIpc) is 0.707. The molecule has 4 saturated heterocycles. The Balaban J connectivity index is 1.72. The lowest BCUT2D eigenvalue weighted by Gasteiger charge is -2.55. The lowest BCUT2D eigenvalue weighted by Crippen LogP contribution is -2.68. The molecule has 692 valence electrons. The van der Waals surface area contributed by atoms with Gasteiger partial charge in [-0.15, -0.1) is 0 Å². The molecule has 4 fully saturated rings. The van der Waals surface area contributed by atoms with Crippen LogP contribution in [0.4, 0.5) is 0 Å². The van der Waals surface area contributed by atoms with Crippen molar-refractivity contribution in [2.45, 2.75) is 443 Å². The summed E-state index contributed by atoms with van der Waals surface area (Å²) in [4.78, 5) is 12.6. The summed E-state index contributed by atoms with van der Waals surface area (Å²) in [7, 11) is -3.39. The van der Waals surface area contributed by atoms with Gasteiger partial charge in [-0.3, -0.25) is 0 Å². The Kier molecular flexibility index (Phi) is 46.0. The third kappa shape index (κ3) is 29.0. The number of allylic oxidation sites excluding steroid dienone is 7. The van der Waals surface area contributed by atoms with Crippen LogP contribution in [0.1, 0.15) is 219 Å². The topological polar surface area (TPSA) is 268 Å². The molecule has 23 nitrogen and oxygen atoms in total. The standard InChI is InChI=1S/C91H171NO22Si5/c1-34-116(35-2,36-3)111-80-66(18)75(56-71(60-97-27)106-79-59-90(26,114-119(43-10,44-11)45-12)86(70(22)104-79)108-78-58-77(99-29)81(68(20)103-78)110-115(32,33)89(23,24)25)109-91(101-31,67(80)19)85(95)73(94)57-76(98-28)72(93)48-46-47-61(13)49-50-74(64(16)54-62(14)53-63(15)55-65(17)87(96)102-52-51-92)107-88-84(113-118(40-7,41-8)42-9)83(82(100-30)69(21)105-88)112-117(37-4,38-5)39-6/h47,49-50,53-55,64,66-86,88,93-95H,34-46,48,52,56-60H2,1-33H3/b50-49+,61-47+,62-54+,63-53+,65-55+/t64-,66+,67-,68-,69+,70+,71-,72+,73+,74?,75-,76+,77-,78+,79+,80+,81-,82+,83-,84+,85-,86+,88+,90+,91-/m1/s1. The van der Waals surface area contributed by atoms with Crippen molar-refractivity contribution in [2.24, 2.45) is 17.8 Å². The second-order valence-corrected chi connectivity index (χ2v) is 60.3. The summed E-state index contributed by atoms with van der Waals surface area (Å²) in [5.74, 6) is -3.45. The summed E-state index contributed by atoms with van der Waals surface area (Å²) in [6, 6.07) is 12.8. The van der Waals surface area contributed by atoms with Crippen LogP contribution in [0.25, 0.3) is 0 Å². The second-order valence-electron chi connectivity index (χ2n) is 36.7. The zero-order chi connectivity index (χ0) is 90.0. The Bertz CT molecular complexity index is 3140. The number of nitriles is 1. The molecule has 4 aliphatic rings. The largest absolute Gasteiger partial charge is 0.447 e. The molecule has 4 aliphatic heterocycles. The number of carbonyl (C=O) groups excluding carboxylic acids is 1. The molecule has 0 aromatic rings. The first-order valence-corrected chi connectivity index (χ1v) is 58.6. The summed E-state index contributed by atoms with van der Waals surface area (Å²) >= 11 is 0. The van der Waals surface area contributed by atoms with Crippen molar-refractivity contribution in [3.8, 4) is 6.07 Å². The fraction of sp³-hybridized carbons (Fsp3) is 0.868. The van der Waals surface area contributed by atoms with Crippen molar-refractivity contribution >= 4 is 47.6 Å².